The number of nitrogens with zero attached hydrogens (tertiary/aromatic N) is 4. The Morgan fingerprint density at radius 3 is 2.59 bits per heavy atom. The van der Waals surface area contributed by atoms with Crippen molar-refractivity contribution in [2.45, 2.75) is 6.42 Å². The molecule has 0 atom stereocenters. The van der Waals surface area contributed by atoms with Crippen LogP contribution in [0.1, 0.15) is 16.8 Å². The molecule has 1 saturated heterocycles. The first kappa shape index (κ1) is 20.4. The lowest BCUT2D eigenvalue weighted by Crippen LogP contribution is -2.49. The first-order valence-electron chi connectivity index (χ1n) is 10.7. The van der Waals surface area contributed by atoms with Gasteiger partial charge >= 0.3 is 0 Å². The Morgan fingerprint density at radius 1 is 0.969 bits per heavy atom. The summed E-state index contributed by atoms with van der Waals surface area (Å²) >= 11 is 1.58. The number of hydrogen-bond acceptors (Lipinski definition) is 6. The van der Waals surface area contributed by atoms with Crippen molar-refractivity contribution < 1.29 is 9.59 Å². The second-order valence-corrected chi connectivity index (χ2v) is 8.72. The van der Waals surface area contributed by atoms with E-state index in [1.165, 1.54) is 0 Å². The zero-order valence-corrected chi connectivity index (χ0v) is 18.3. The Bertz CT molecular complexity index is 1250. The number of hydrogen-bond donors (Lipinski definition) is 1. The van der Waals surface area contributed by atoms with Crippen molar-refractivity contribution in [2.24, 2.45) is 0 Å². The summed E-state index contributed by atoms with van der Waals surface area (Å²) in [5, 5.41) is 5.95. The highest BCUT2D eigenvalue weighted by Gasteiger charge is 2.23. The third-order valence-electron chi connectivity index (χ3n) is 5.69. The highest BCUT2D eigenvalue weighted by Crippen LogP contribution is 2.27. The molecule has 0 aliphatic carbocycles. The van der Waals surface area contributed by atoms with Crippen molar-refractivity contribution in [2.75, 3.05) is 37.6 Å². The van der Waals surface area contributed by atoms with Crippen LogP contribution < -0.4 is 10.2 Å². The second-order valence-electron chi connectivity index (χ2n) is 7.76. The number of thiazole rings is 1. The molecular weight excluding hydrogens is 422 g/mol. The van der Waals surface area contributed by atoms with Gasteiger partial charge in [0.1, 0.15) is 10.3 Å². The average molecular weight is 446 g/mol. The Morgan fingerprint density at radius 2 is 1.78 bits per heavy atom. The van der Waals surface area contributed by atoms with Crippen LogP contribution in [0.15, 0.2) is 60.8 Å². The van der Waals surface area contributed by atoms with E-state index in [9.17, 15) is 9.59 Å². The Hall–Kier alpha value is -3.52. The number of fused-ring (bicyclic) bond motifs is 2. The molecule has 1 aliphatic rings. The lowest BCUT2D eigenvalue weighted by Gasteiger charge is -2.34. The van der Waals surface area contributed by atoms with E-state index in [-0.39, 0.29) is 11.8 Å². The fourth-order valence-corrected chi connectivity index (χ4v) is 4.87. The number of amides is 2. The third-order valence-corrected chi connectivity index (χ3v) is 6.73. The number of rotatable bonds is 5. The summed E-state index contributed by atoms with van der Waals surface area (Å²) in [6.45, 7) is 3.12. The number of pyridine rings is 1. The van der Waals surface area contributed by atoms with Gasteiger partial charge in [-0.15, -0.1) is 0 Å². The van der Waals surface area contributed by atoms with Gasteiger partial charge in [0.2, 0.25) is 5.91 Å². The molecule has 5 rings (SSSR count). The van der Waals surface area contributed by atoms with Crippen molar-refractivity contribution in [1.29, 1.82) is 0 Å². The van der Waals surface area contributed by atoms with Crippen molar-refractivity contribution in [3.8, 4) is 0 Å². The third kappa shape index (κ3) is 4.27. The summed E-state index contributed by atoms with van der Waals surface area (Å²) in [4.78, 5) is 39.1. The van der Waals surface area contributed by atoms with Gasteiger partial charge in [0, 0.05) is 50.9 Å². The van der Waals surface area contributed by atoms with E-state index >= 15 is 0 Å². The molecule has 8 heteroatoms. The second kappa shape index (κ2) is 8.92. The van der Waals surface area contributed by atoms with Crippen LogP contribution in [0, 0.1) is 0 Å². The van der Waals surface area contributed by atoms with Crippen LogP contribution >= 0.6 is 11.3 Å². The average Bonchev–Trinajstić information content (AvgIpc) is 3.28. The van der Waals surface area contributed by atoms with E-state index in [2.05, 4.69) is 20.2 Å². The smallest absolute Gasteiger partial charge is 0.251 e. The predicted octanol–water partition coefficient (Wildman–Crippen LogP) is 3.31. The number of carbonyl (C=O) groups excluding carboxylic acids is 2. The maximum Gasteiger partial charge on any atom is 0.251 e. The van der Waals surface area contributed by atoms with Gasteiger partial charge in [-0.2, -0.15) is 0 Å². The zero-order chi connectivity index (χ0) is 21.9. The largest absolute Gasteiger partial charge is 0.352 e. The number of carbonyl (C=O) groups is 2. The van der Waals surface area contributed by atoms with Crippen LogP contribution in [-0.2, 0) is 4.79 Å². The van der Waals surface area contributed by atoms with Crippen molar-refractivity contribution in [3.05, 3.63) is 66.4 Å². The van der Waals surface area contributed by atoms with E-state index in [0.29, 0.717) is 31.6 Å². The number of aromatic nitrogens is 2. The Labute approximate surface area is 189 Å². The molecule has 4 aromatic rings. The lowest BCUT2D eigenvalue weighted by molar-refractivity contribution is -0.131. The van der Waals surface area contributed by atoms with Crippen LogP contribution in [0.2, 0.25) is 0 Å². The fraction of sp³-hybridized carbons (Fsp3) is 0.250. The van der Waals surface area contributed by atoms with Crippen LogP contribution in [0.5, 0.6) is 0 Å². The molecule has 0 saturated carbocycles. The van der Waals surface area contributed by atoms with Crippen molar-refractivity contribution in [3.63, 3.8) is 0 Å². The van der Waals surface area contributed by atoms with Gasteiger partial charge in [0.15, 0.2) is 5.13 Å². The van der Waals surface area contributed by atoms with Gasteiger partial charge in [-0.1, -0.05) is 41.7 Å². The van der Waals surface area contributed by atoms with Gasteiger partial charge in [0.25, 0.3) is 5.91 Å². The van der Waals surface area contributed by atoms with Crippen LogP contribution in [-0.4, -0.2) is 59.4 Å². The highest BCUT2D eigenvalue weighted by molar-refractivity contribution is 7.21. The molecule has 0 unspecified atom stereocenters. The quantitative estimate of drug-likeness (QED) is 0.510. The minimum absolute atomic E-state index is 0.0643. The summed E-state index contributed by atoms with van der Waals surface area (Å²) in [5.41, 5.74) is 1.52. The van der Waals surface area contributed by atoms with Gasteiger partial charge in [-0.05, 0) is 35.0 Å². The summed E-state index contributed by atoms with van der Waals surface area (Å²) in [7, 11) is 0. The minimum Gasteiger partial charge on any atom is -0.352 e. The van der Waals surface area contributed by atoms with Crippen LogP contribution in [0.4, 0.5) is 5.13 Å². The molecule has 0 radical (unpaired) electrons. The molecule has 1 N–H and O–H groups in total. The van der Waals surface area contributed by atoms with E-state index < -0.39 is 0 Å². The summed E-state index contributed by atoms with van der Waals surface area (Å²) in [6.07, 6.45) is 2.07. The van der Waals surface area contributed by atoms with E-state index in [4.69, 9.17) is 0 Å². The van der Waals surface area contributed by atoms with E-state index in [1.807, 2.05) is 59.5 Å². The Kier molecular flexibility index (Phi) is 5.68. The standard InChI is InChI=1S/C24H23N5O2S/c30-21(9-11-25-22(31)19-8-7-17-4-1-2-5-18(17)16-19)28-12-14-29(15-13-28)24-27-20-6-3-10-26-23(20)32-24/h1-8,10,16H,9,11-15H2,(H,25,31). The predicted molar refractivity (Wildman–Crippen MR) is 127 cm³/mol. The zero-order valence-electron chi connectivity index (χ0n) is 17.5. The molecular formula is C24H23N5O2S. The Balaban J connectivity index is 1.10. The molecule has 3 heterocycles. The highest BCUT2D eigenvalue weighted by atomic mass is 32.1. The molecule has 2 amide bonds. The molecule has 1 fully saturated rings. The van der Waals surface area contributed by atoms with E-state index in [0.717, 1.165) is 39.3 Å². The maximum atomic E-state index is 12.6. The SMILES string of the molecule is O=C(NCCC(=O)N1CCN(c2nc3cccnc3s2)CC1)c1ccc2ccccc2c1. The normalized spacial score (nSPS) is 14.1. The van der Waals surface area contributed by atoms with Gasteiger partial charge in [-0.3, -0.25) is 9.59 Å². The van der Waals surface area contributed by atoms with E-state index in [1.54, 1.807) is 17.5 Å². The van der Waals surface area contributed by atoms with Crippen molar-refractivity contribution >= 4 is 49.4 Å². The number of benzene rings is 2. The summed E-state index contributed by atoms with van der Waals surface area (Å²) in [5.74, 6) is -0.0905. The molecule has 0 bridgehead atoms. The fourth-order valence-electron chi connectivity index (χ4n) is 3.91. The van der Waals surface area contributed by atoms with Gasteiger partial charge in [0.05, 0.1) is 0 Å². The molecule has 7 nitrogen and oxygen atoms in total. The topological polar surface area (TPSA) is 78.4 Å². The maximum absolute atomic E-state index is 12.6. The number of anilines is 1. The first-order chi connectivity index (χ1) is 15.7. The first-order valence-corrected chi connectivity index (χ1v) is 11.5. The van der Waals surface area contributed by atoms with Crippen molar-refractivity contribution in [1.82, 2.24) is 20.2 Å². The number of nitrogens with one attached hydrogen (secondary N) is 1. The molecule has 1 aliphatic heterocycles. The van der Waals surface area contributed by atoms with Gasteiger partial charge in [-0.25, -0.2) is 9.97 Å². The lowest BCUT2D eigenvalue weighted by atomic mass is 10.1. The monoisotopic (exact) mass is 445 g/mol. The van der Waals surface area contributed by atoms with Gasteiger partial charge < -0.3 is 15.1 Å². The molecule has 0 spiro atoms. The van der Waals surface area contributed by atoms with Crippen LogP contribution in [0.25, 0.3) is 21.1 Å². The minimum atomic E-state index is -0.155. The number of piperazine rings is 1. The summed E-state index contributed by atoms with van der Waals surface area (Å²) < 4.78 is 0. The molecule has 2 aromatic carbocycles. The van der Waals surface area contributed by atoms with Crippen LogP contribution in [0.3, 0.4) is 0 Å². The summed E-state index contributed by atoms with van der Waals surface area (Å²) in [6, 6.07) is 17.4. The molecule has 2 aromatic heterocycles. The molecule has 32 heavy (non-hydrogen) atoms. The molecule has 162 valence electrons.